The molecule has 0 fully saturated rings. The molecule has 1 aromatic heterocycles. The first-order valence-corrected chi connectivity index (χ1v) is 5.02. The summed E-state index contributed by atoms with van der Waals surface area (Å²) in [6.07, 6.45) is -3.83. The summed E-state index contributed by atoms with van der Waals surface area (Å²) >= 11 is 0. The molecule has 1 aliphatic heterocycles. The number of rotatable bonds is 2. The zero-order valence-electron chi connectivity index (χ0n) is 8.84. The van der Waals surface area contributed by atoms with Crippen LogP contribution >= 0.6 is 0 Å². The number of aromatic nitrogens is 2. The molecule has 17 heavy (non-hydrogen) atoms. The van der Waals surface area contributed by atoms with Gasteiger partial charge in [0.1, 0.15) is 0 Å². The summed E-state index contributed by atoms with van der Waals surface area (Å²) in [6.45, 7) is -0.660. The van der Waals surface area contributed by atoms with E-state index in [1.54, 1.807) is 0 Å². The van der Waals surface area contributed by atoms with E-state index in [1.165, 1.54) is 4.90 Å². The highest BCUT2D eigenvalue weighted by molar-refractivity contribution is 5.92. The molecule has 1 amide bonds. The molecule has 0 atom stereocenters. The topological polar surface area (TPSA) is 75.0 Å². The van der Waals surface area contributed by atoms with E-state index in [0.29, 0.717) is 17.7 Å². The summed E-state index contributed by atoms with van der Waals surface area (Å²) in [7, 11) is 0. The number of hydrogen-bond donors (Lipinski definition) is 2. The fourth-order valence-electron chi connectivity index (χ4n) is 1.94. The third-order valence-electron chi connectivity index (χ3n) is 2.65. The summed E-state index contributed by atoms with van der Waals surface area (Å²) in [5, 5.41) is 6.35. The number of halogens is 3. The second-order valence-corrected chi connectivity index (χ2v) is 3.97. The van der Waals surface area contributed by atoms with Crippen LogP contribution in [0.3, 0.4) is 0 Å². The van der Waals surface area contributed by atoms with Gasteiger partial charge in [0.15, 0.2) is 5.69 Å². The average Bonchev–Trinajstić information content (AvgIpc) is 2.57. The van der Waals surface area contributed by atoms with E-state index in [1.807, 2.05) is 0 Å². The third-order valence-corrected chi connectivity index (χ3v) is 2.65. The number of hydrogen-bond acceptors (Lipinski definition) is 3. The lowest BCUT2D eigenvalue weighted by Gasteiger charge is -2.27. The lowest BCUT2D eigenvalue weighted by atomic mass is 10.1. The number of fused-ring (bicyclic) bond motifs is 1. The molecule has 3 N–H and O–H groups in total. The number of aromatic amines is 1. The van der Waals surface area contributed by atoms with Crippen molar-refractivity contribution < 1.29 is 18.0 Å². The molecule has 0 bridgehead atoms. The highest BCUT2D eigenvalue weighted by atomic mass is 19.4. The van der Waals surface area contributed by atoms with Crippen molar-refractivity contribution in [3.63, 3.8) is 0 Å². The van der Waals surface area contributed by atoms with E-state index in [9.17, 15) is 18.0 Å². The Balaban J connectivity index is 2.17. The molecule has 0 radical (unpaired) electrons. The fraction of sp³-hybridized carbons (Fsp3) is 0.556. The molecule has 1 aromatic rings. The molecular weight excluding hydrogens is 237 g/mol. The quantitative estimate of drug-likeness (QED) is 0.797. The highest BCUT2D eigenvalue weighted by Gasteiger charge is 2.33. The van der Waals surface area contributed by atoms with Crippen LogP contribution < -0.4 is 5.73 Å². The number of alkyl halides is 3. The van der Waals surface area contributed by atoms with Gasteiger partial charge in [0.05, 0.1) is 6.54 Å². The molecule has 0 unspecified atom stereocenters. The number of nitrogens with two attached hydrogens (primary N) is 1. The first kappa shape index (κ1) is 11.9. The first-order chi connectivity index (χ1) is 7.87. The van der Waals surface area contributed by atoms with Crippen molar-refractivity contribution in [2.45, 2.75) is 19.1 Å². The maximum atomic E-state index is 12.2. The van der Waals surface area contributed by atoms with Gasteiger partial charge in [0.25, 0.3) is 5.91 Å². The van der Waals surface area contributed by atoms with Crippen LogP contribution in [-0.2, 0) is 13.0 Å². The number of amides is 1. The number of H-pyrrole nitrogens is 1. The van der Waals surface area contributed by atoms with Crippen molar-refractivity contribution in [3.8, 4) is 0 Å². The second kappa shape index (κ2) is 4.02. The number of carbonyl (C=O) groups is 1. The van der Waals surface area contributed by atoms with Crippen LogP contribution in [0, 0.1) is 0 Å². The van der Waals surface area contributed by atoms with Crippen LogP contribution in [0.2, 0.25) is 0 Å². The molecular formula is C9H11F3N4O. The van der Waals surface area contributed by atoms with Crippen molar-refractivity contribution in [2.75, 3.05) is 13.1 Å². The van der Waals surface area contributed by atoms with Crippen molar-refractivity contribution in [3.05, 3.63) is 17.0 Å². The van der Waals surface area contributed by atoms with Crippen molar-refractivity contribution in [2.24, 2.45) is 5.73 Å². The van der Waals surface area contributed by atoms with E-state index in [-0.39, 0.29) is 18.8 Å². The minimum Gasteiger partial charge on any atom is -0.364 e. The molecule has 1 aliphatic rings. The van der Waals surface area contributed by atoms with Crippen LogP contribution in [0.4, 0.5) is 13.2 Å². The van der Waals surface area contributed by atoms with Crippen molar-refractivity contribution in [1.82, 2.24) is 15.1 Å². The van der Waals surface area contributed by atoms with Crippen LogP contribution in [0.25, 0.3) is 0 Å². The van der Waals surface area contributed by atoms with Crippen LogP contribution in [0.1, 0.15) is 21.7 Å². The summed E-state index contributed by atoms with van der Waals surface area (Å²) < 4.78 is 36.7. The molecule has 8 heteroatoms. The first-order valence-electron chi connectivity index (χ1n) is 5.02. The number of primary amides is 1. The van der Waals surface area contributed by atoms with E-state index in [4.69, 9.17) is 5.73 Å². The number of nitrogens with one attached hydrogen (secondary N) is 1. The van der Waals surface area contributed by atoms with Crippen molar-refractivity contribution >= 4 is 5.91 Å². The van der Waals surface area contributed by atoms with E-state index < -0.39 is 18.6 Å². The Morgan fingerprint density at radius 2 is 2.24 bits per heavy atom. The largest absolute Gasteiger partial charge is 0.401 e. The SMILES string of the molecule is NC(=O)c1n[nH]c2c1CN(CC(F)(F)F)CC2. The van der Waals surface area contributed by atoms with Gasteiger partial charge in [-0.2, -0.15) is 18.3 Å². The Morgan fingerprint density at radius 3 is 2.82 bits per heavy atom. The normalized spacial score (nSPS) is 16.9. The fourth-order valence-corrected chi connectivity index (χ4v) is 1.94. The molecule has 2 heterocycles. The smallest absolute Gasteiger partial charge is 0.364 e. The Morgan fingerprint density at radius 1 is 1.53 bits per heavy atom. The Labute approximate surface area is 94.8 Å². The van der Waals surface area contributed by atoms with Gasteiger partial charge in [-0.15, -0.1) is 0 Å². The van der Waals surface area contributed by atoms with Crippen LogP contribution in [0.5, 0.6) is 0 Å². The third kappa shape index (κ3) is 2.57. The van der Waals surface area contributed by atoms with Gasteiger partial charge in [0, 0.05) is 30.8 Å². The van der Waals surface area contributed by atoms with E-state index in [0.717, 1.165) is 0 Å². The zero-order valence-corrected chi connectivity index (χ0v) is 8.84. The van der Waals surface area contributed by atoms with Gasteiger partial charge in [-0.3, -0.25) is 14.8 Å². The summed E-state index contributed by atoms with van der Waals surface area (Å²) in [6, 6.07) is 0. The average molecular weight is 248 g/mol. The summed E-state index contributed by atoms with van der Waals surface area (Å²) in [5.74, 6) is -0.726. The molecule has 0 saturated carbocycles. The summed E-state index contributed by atoms with van der Waals surface area (Å²) in [4.78, 5) is 12.3. The maximum Gasteiger partial charge on any atom is 0.401 e. The predicted molar refractivity (Wildman–Crippen MR) is 52.1 cm³/mol. The van der Waals surface area contributed by atoms with E-state index in [2.05, 4.69) is 10.2 Å². The Kier molecular flexibility index (Phi) is 2.82. The summed E-state index contributed by atoms with van der Waals surface area (Å²) in [5.41, 5.74) is 6.30. The van der Waals surface area contributed by atoms with Gasteiger partial charge in [-0.1, -0.05) is 0 Å². The Bertz CT molecular complexity index is 440. The number of nitrogens with zero attached hydrogens (tertiary/aromatic N) is 2. The number of carbonyl (C=O) groups excluding carboxylic acids is 1. The van der Waals surface area contributed by atoms with Gasteiger partial charge in [0.2, 0.25) is 0 Å². The monoisotopic (exact) mass is 248 g/mol. The minimum atomic E-state index is -4.24. The van der Waals surface area contributed by atoms with Gasteiger partial charge in [-0.05, 0) is 0 Å². The minimum absolute atomic E-state index is 0.0341. The molecule has 0 aliphatic carbocycles. The standard InChI is InChI=1S/C9H11F3N4O/c10-9(11,12)4-16-2-1-6-5(3-16)7(8(13)17)15-14-6/h1-4H2,(H2,13,17)(H,14,15). The predicted octanol–water partition coefficient (Wildman–Crippen LogP) is 0.429. The maximum absolute atomic E-state index is 12.2. The van der Waals surface area contributed by atoms with Crippen LogP contribution in [0.15, 0.2) is 0 Å². The Hall–Kier alpha value is -1.57. The lowest BCUT2D eigenvalue weighted by molar-refractivity contribution is -0.147. The van der Waals surface area contributed by atoms with E-state index >= 15 is 0 Å². The zero-order chi connectivity index (χ0) is 12.6. The van der Waals surface area contributed by atoms with Crippen LogP contribution in [-0.4, -0.2) is 40.3 Å². The molecule has 0 saturated heterocycles. The van der Waals surface area contributed by atoms with Gasteiger partial charge in [-0.25, -0.2) is 0 Å². The van der Waals surface area contributed by atoms with Crippen molar-refractivity contribution in [1.29, 1.82) is 0 Å². The molecule has 94 valence electrons. The molecule has 0 spiro atoms. The second-order valence-electron chi connectivity index (χ2n) is 3.97. The van der Waals surface area contributed by atoms with Gasteiger partial charge >= 0.3 is 6.18 Å². The van der Waals surface area contributed by atoms with Gasteiger partial charge < -0.3 is 5.73 Å². The molecule has 5 nitrogen and oxygen atoms in total. The molecule has 2 rings (SSSR count). The highest BCUT2D eigenvalue weighted by Crippen LogP contribution is 2.24. The molecule has 0 aromatic carbocycles. The lowest BCUT2D eigenvalue weighted by Crippen LogP contribution is -2.38.